The number of aryl methyl sites for hydroxylation is 1. The zero-order chi connectivity index (χ0) is 18.6. The Hall–Kier alpha value is -3.48. The molecule has 0 amide bonds. The molecule has 130 valence electrons. The summed E-state index contributed by atoms with van der Waals surface area (Å²) in [6.07, 6.45) is 14.4. The molecular formula is C22H17N5. The molecule has 0 aromatic carbocycles. The van der Waals surface area contributed by atoms with Crippen molar-refractivity contribution in [3.63, 3.8) is 0 Å². The highest BCUT2D eigenvalue weighted by Gasteiger charge is 2.46. The monoisotopic (exact) mass is 351 g/mol. The summed E-state index contributed by atoms with van der Waals surface area (Å²) in [6.45, 7) is 4.23. The van der Waals surface area contributed by atoms with Gasteiger partial charge in [-0.3, -0.25) is 9.55 Å². The lowest BCUT2D eigenvalue weighted by Crippen LogP contribution is -2.03. The second kappa shape index (κ2) is 5.51. The molecule has 1 fully saturated rings. The van der Waals surface area contributed by atoms with E-state index in [1.165, 1.54) is 0 Å². The molecule has 3 heterocycles. The Morgan fingerprint density at radius 3 is 2.96 bits per heavy atom. The summed E-state index contributed by atoms with van der Waals surface area (Å²) < 4.78 is 1.92. The normalized spacial score (nSPS) is 22.9. The molecule has 27 heavy (non-hydrogen) atoms. The van der Waals surface area contributed by atoms with Crippen molar-refractivity contribution in [3.8, 4) is 11.9 Å². The van der Waals surface area contributed by atoms with Crippen molar-refractivity contribution in [2.45, 2.75) is 20.3 Å². The minimum absolute atomic E-state index is 0.208. The van der Waals surface area contributed by atoms with E-state index in [1.807, 2.05) is 23.8 Å². The maximum Gasteiger partial charge on any atom is 0.157 e. The first-order chi connectivity index (χ1) is 13.1. The summed E-state index contributed by atoms with van der Waals surface area (Å²) in [4.78, 5) is 13.3. The molecule has 3 aromatic heterocycles. The first-order valence-electron chi connectivity index (χ1n) is 8.95. The van der Waals surface area contributed by atoms with E-state index in [-0.39, 0.29) is 5.41 Å². The predicted molar refractivity (Wildman–Crippen MR) is 103 cm³/mol. The molecule has 3 aromatic rings. The van der Waals surface area contributed by atoms with Crippen molar-refractivity contribution in [2.24, 2.45) is 11.3 Å². The van der Waals surface area contributed by atoms with Crippen LogP contribution in [0.1, 0.15) is 30.2 Å². The largest absolute Gasteiger partial charge is 0.275 e. The van der Waals surface area contributed by atoms with Crippen LogP contribution in [-0.2, 0) is 0 Å². The van der Waals surface area contributed by atoms with E-state index < -0.39 is 0 Å². The third-order valence-electron chi connectivity index (χ3n) is 5.51. The van der Waals surface area contributed by atoms with Crippen molar-refractivity contribution in [3.05, 3.63) is 71.6 Å². The van der Waals surface area contributed by atoms with Crippen LogP contribution in [0.2, 0.25) is 0 Å². The topological polar surface area (TPSA) is 67.4 Å². The molecule has 0 radical (unpaired) electrons. The average Bonchev–Trinajstić information content (AvgIpc) is 3.25. The molecule has 5 rings (SSSR count). The lowest BCUT2D eigenvalue weighted by molar-refractivity contribution is 0.698. The summed E-state index contributed by atoms with van der Waals surface area (Å²) in [6, 6.07) is 4.39. The Morgan fingerprint density at radius 1 is 1.30 bits per heavy atom. The van der Waals surface area contributed by atoms with E-state index in [4.69, 9.17) is 0 Å². The van der Waals surface area contributed by atoms with Gasteiger partial charge in [0, 0.05) is 29.5 Å². The second-order valence-electron chi connectivity index (χ2n) is 7.49. The third kappa shape index (κ3) is 2.35. The molecule has 2 atom stereocenters. The van der Waals surface area contributed by atoms with Gasteiger partial charge in [-0.2, -0.15) is 5.26 Å². The molecule has 0 bridgehead atoms. The van der Waals surface area contributed by atoms with Crippen LogP contribution in [0.4, 0.5) is 0 Å². The van der Waals surface area contributed by atoms with Gasteiger partial charge in [0.05, 0.1) is 17.5 Å². The van der Waals surface area contributed by atoms with E-state index in [0.29, 0.717) is 22.9 Å². The van der Waals surface area contributed by atoms with Gasteiger partial charge in [0.15, 0.2) is 5.82 Å². The smallest absolute Gasteiger partial charge is 0.157 e. The summed E-state index contributed by atoms with van der Waals surface area (Å²) in [5.74, 6) is 1.16. The van der Waals surface area contributed by atoms with Gasteiger partial charge < -0.3 is 0 Å². The first-order valence-corrected chi connectivity index (χ1v) is 8.95. The number of nitriles is 1. The molecule has 0 aliphatic heterocycles. The van der Waals surface area contributed by atoms with Gasteiger partial charge in [-0.15, -0.1) is 5.73 Å². The Kier molecular flexibility index (Phi) is 3.21. The van der Waals surface area contributed by atoms with E-state index in [2.05, 4.69) is 51.9 Å². The van der Waals surface area contributed by atoms with Crippen LogP contribution in [0.15, 0.2) is 54.8 Å². The molecule has 2 aliphatic rings. The minimum atomic E-state index is 0.208. The maximum atomic E-state index is 9.98. The fraction of sp³-hybridized carbons (Fsp3) is 0.227. The van der Waals surface area contributed by atoms with Gasteiger partial charge in [0.25, 0.3) is 0 Å². The van der Waals surface area contributed by atoms with Crippen LogP contribution in [0.25, 0.3) is 22.4 Å². The van der Waals surface area contributed by atoms with Gasteiger partial charge in [0.1, 0.15) is 11.7 Å². The highest BCUT2D eigenvalue weighted by atomic mass is 15.1. The van der Waals surface area contributed by atoms with Crippen molar-refractivity contribution in [1.29, 1.82) is 5.26 Å². The number of allylic oxidation sites excluding steroid dienone is 3. The molecule has 0 N–H and O–H groups in total. The fourth-order valence-corrected chi connectivity index (χ4v) is 3.78. The number of hydrogen-bond donors (Lipinski definition) is 0. The standard InChI is InChI=1S/C22H17N5/c1-14-9-17-18(11-23)20(15-3-4-16-10-22(16,2)6-5-15)27(21(17)26-12-14)19-13-24-7-8-25-19/h4-9,12-13,16H,10H2,1-2H3. The number of fused-ring (bicyclic) bond motifs is 2. The Balaban J connectivity index is 1.88. The Labute approximate surface area is 157 Å². The molecule has 0 saturated heterocycles. The lowest BCUT2D eigenvalue weighted by atomic mass is 10.0. The summed E-state index contributed by atoms with van der Waals surface area (Å²) >= 11 is 0. The number of aromatic nitrogens is 4. The zero-order valence-corrected chi connectivity index (χ0v) is 15.1. The maximum absolute atomic E-state index is 9.98. The second-order valence-corrected chi connectivity index (χ2v) is 7.49. The van der Waals surface area contributed by atoms with Crippen LogP contribution in [-0.4, -0.2) is 19.5 Å². The third-order valence-corrected chi connectivity index (χ3v) is 5.51. The van der Waals surface area contributed by atoms with E-state index in [9.17, 15) is 5.26 Å². The van der Waals surface area contributed by atoms with Crippen LogP contribution in [0, 0.1) is 29.6 Å². The number of pyridine rings is 1. The SMILES string of the molecule is Cc1cnc2c(c1)c(C#N)c(C1=C=CC3CC3(C)C=C1)n2-c1cnccn1. The Morgan fingerprint density at radius 2 is 2.19 bits per heavy atom. The highest BCUT2D eigenvalue weighted by Crippen LogP contribution is 2.55. The van der Waals surface area contributed by atoms with Crippen molar-refractivity contribution in [2.75, 3.05) is 0 Å². The summed E-state index contributed by atoms with van der Waals surface area (Å²) in [5.41, 5.74) is 7.59. The average molecular weight is 351 g/mol. The van der Waals surface area contributed by atoms with E-state index in [0.717, 1.165) is 28.6 Å². The predicted octanol–water partition coefficient (Wildman–Crippen LogP) is 4.13. The quantitative estimate of drug-likeness (QED) is 0.651. The first kappa shape index (κ1) is 15.7. The van der Waals surface area contributed by atoms with E-state index in [1.54, 1.807) is 18.6 Å². The van der Waals surface area contributed by atoms with Crippen molar-refractivity contribution in [1.82, 2.24) is 19.5 Å². The minimum Gasteiger partial charge on any atom is -0.275 e. The number of nitrogens with zero attached hydrogens (tertiary/aromatic N) is 5. The zero-order valence-electron chi connectivity index (χ0n) is 15.1. The molecule has 2 unspecified atom stereocenters. The number of hydrogen-bond acceptors (Lipinski definition) is 4. The van der Waals surface area contributed by atoms with Crippen LogP contribution >= 0.6 is 0 Å². The molecular weight excluding hydrogens is 334 g/mol. The highest BCUT2D eigenvalue weighted by molar-refractivity contribution is 5.94. The van der Waals surface area contributed by atoms with Crippen molar-refractivity contribution >= 4 is 16.6 Å². The van der Waals surface area contributed by atoms with Crippen LogP contribution in [0.3, 0.4) is 0 Å². The van der Waals surface area contributed by atoms with Gasteiger partial charge in [0.2, 0.25) is 0 Å². The van der Waals surface area contributed by atoms with Gasteiger partial charge in [-0.1, -0.05) is 13.0 Å². The molecule has 1 saturated carbocycles. The van der Waals surface area contributed by atoms with Crippen molar-refractivity contribution < 1.29 is 0 Å². The van der Waals surface area contributed by atoms with Gasteiger partial charge in [-0.25, -0.2) is 9.97 Å². The molecule has 5 heteroatoms. The fourth-order valence-electron chi connectivity index (χ4n) is 3.78. The lowest BCUT2D eigenvalue weighted by Gasteiger charge is -2.09. The molecule has 0 spiro atoms. The molecule has 5 nitrogen and oxygen atoms in total. The number of rotatable bonds is 2. The van der Waals surface area contributed by atoms with Gasteiger partial charge in [-0.05, 0) is 48.5 Å². The van der Waals surface area contributed by atoms with Crippen LogP contribution in [0.5, 0.6) is 0 Å². The molecule has 2 aliphatic carbocycles. The van der Waals surface area contributed by atoms with Gasteiger partial charge >= 0.3 is 0 Å². The summed E-state index contributed by atoms with van der Waals surface area (Å²) in [5, 5.41) is 10.8. The Bertz CT molecular complexity index is 1220. The summed E-state index contributed by atoms with van der Waals surface area (Å²) in [7, 11) is 0. The van der Waals surface area contributed by atoms with E-state index >= 15 is 0 Å². The van der Waals surface area contributed by atoms with Crippen LogP contribution < -0.4 is 0 Å².